The molecule has 0 aliphatic carbocycles. The molecule has 35 heavy (non-hydrogen) atoms. The van der Waals surface area contributed by atoms with Crippen LogP contribution in [0.5, 0.6) is 0 Å². The molecule has 1 N–H and O–H groups in total. The monoisotopic (exact) mass is 491 g/mol. The van der Waals surface area contributed by atoms with Gasteiger partial charge in [-0.15, -0.1) is 0 Å². The molecule has 2 heterocycles. The molecule has 8 nitrogen and oxygen atoms in total. The molecule has 0 saturated carbocycles. The van der Waals surface area contributed by atoms with Crippen molar-refractivity contribution in [2.24, 2.45) is 0 Å². The van der Waals surface area contributed by atoms with Crippen molar-refractivity contribution < 1.29 is 13.2 Å². The highest BCUT2D eigenvalue weighted by Crippen LogP contribution is 2.27. The fraction of sp³-hybridized carbons (Fsp3) is 0.269. The summed E-state index contributed by atoms with van der Waals surface area (Å²) in [5.41, 5.74) is 3.53. The van der Waals surface area contributed by atoms with E-state index in [1.54, 1.807) is 36.5 Å². The third kappa shape index (κ3) is 4.82. The number of sulfonamides is 1. The molecule has 182 valence electrons. The van der Waals surface area contributed by atoms with Gasteiger partial charge in [-0.1, -0.05) is 42.5 Å². The third-order valence-electron chi connectivity index (χ3n) is 5.88. The summed E-state index contributed by atoms with van der Waals surface area (Å²) in [6.07, 6.45) is 1.68. The Kier molecular flexibility index (Phi) is 6.73. The van der Waals surface area contributed by atoms with E-state index in [-0.39, 0.29) is 22.9 Å². The number of rotatable bonds is 7. The standard InChI is InChI=1S/C26H29N5O3S/c1-17(2)31-25-23(16-27-31)22(15-24(29-25)20-9-7-6-8-10-20)26(32)28-18(3)19-11-13-21(14-12-19)35(33,34)30(4)5/h6-18H,1-5H3,(H,28,32). The van der Waals surface area contributed by atoms with Gasteiger partial charge in [0, 0.05) is 25.7 Å². The number of hydrogen-bond acceptors (Lipinski definition) is 5. The Bertz CT molecular complexity index is 1460. The molecule has 0 aliphatic rings. The Morgan fingerprint density at radius 2 is 1.66 bits per heavy atom. The molecule has 0 aliphatic heterocycles. The third-order valence-corrected chi connectivity index (χ3v) is 7.71. The second-order valence-electron chi connectivity index (χ2n) is 8.89. The van der Waals surface area contributed by atoms with Gasteiger partial charge in [0.15, 0.2) is 5.65 Å². The highest BCUT2D eigenvalue weighted by Gasteiger charge is 2.21. The number of fused-ring (bicyclic) bond motifs is 1. The van der Waals surface area contributed by atoms with Gasteiger partial charge in [0.2, 0.25) is 10.0 Å². The van der Waals surface area contributed by atoms with Gasteiger partial charge >= 0.3 is 0 Å². The fourth-order valence-corrected chi connectivity index (χ4v) is 4.74. The average molecular weight is 492 g/mol. The molecule has 4 aromatic rings. The number of benzene rings is 2. The molecule has 2 aromatic carbocycles. The minimum Gasteiger partial charge on any atom is -0.345 e. The maximum Gasteiger partial charge on any atom is 0.252 e. The van der Waals surface area contributed by atoms with Crippen molar-refractivity contribution in [3.63, 3.8) is 0 Å². The van der Waals surface area contributed by atoms with Gasteiger partial charge in [0.25, 0.3) is 5.91 Å². The molecule has 0 radical (unpaired) electrons. The van der Waals surface area contributed by atoms with E-state index in [0.717, 1.165) is 11.1 Å². The number of nitrogens with one attached hydrogen (secondary N) is 1. The van der Waals surface area contributed by atoms with E-state index in [9.17, 15) is 13.2 Å². The van der Waals surface area contributed by atoms with E-state index < -0.39 is 10.0 Å². The van der Waals surface area contributed by atoms with Crippen LogP contribution in [0.1, 0.15) is 48.8 Å². The zero-order valence-electron chi connectivity index (χ0n) is 20.4. The van der Waals surface area contributed by atoms with Crippen LogP contribution in [0.3, 0.4) is 0 Å². The average Bonchev–Trinajstić information content (AvgIpc) is 3.28. The number of amides is 1. The topological polar surface area (TPSA) is 97.2 Å². The first kappa shape index (κ1) is 24.6. The van der Waals surface area contributed by atoms with E-state index in [1.807, 2.05) is 55.8 Å². The van der Waals surface area contributed by atoms with Crippen LogP contribution < -0.4 is 5.32 Å². The fourth-order valence-electron chi connectivity index (χ4n) is 3.84. The molecular weight excluding hydrogens is 462 g/mol. The quantitative estimate of drug-likeness (QED) is 0.413. The van der Waals surface area contributed by atoms with Gasteiger partial charge in [-0.05, 0) is 44.5 Å². The zero-order valence-corrected chi connectivity index (χ0v) is 21.2. The summed E-state index contributed by atoms with van der Waals surface area (Å²) in [6, 6.07) is 17.8. The number of carbonyl (C=O) groups excluding carboxylic acids is 1. The van der Waals surface area contributed by atoms with E-state index in [0.29, 0.717) is 22.3 Å². The Balaban J connectivity index is 1.68. The van der Waals surface area contributed by atoms with Crippen LogP contribution in [0.15, 0.2) is 71.8 Å². The molecule has 2 aromatic heterocycles. The van der Waals surface area contributed by atoms with Crippen molar-refractivity contribution in [2.75, 3.05) is 14.1 Å². The van der Waals surface area contributed by atoms with Crippen LogP contribution in [-0.4, -0.2) is 47.5 Å². The number of aromatic nitrogens is 3. The van der Waals surface area contributed by atoms with Crippen molar-refractivity contribution in [3.05, 3.63) is 78.0 Å². The van der Waals surface area contributed by atoms with Crippen LogP contribution in [0.2, 0.25) is 0 Å². The lowest BCUT2D eigenvalue weighted by Crippen LogP contribution is -2.27. The van der Waals surface area contributed by atoms with Gasteiger partial charge in [0.1, 0.15) is 0 Å². The first-order chi connectivity index (χ1) is 16.6. The number of nitrogens with zero attached hydrogens (tertiary/aromatic N) is 4. The van der Waals surface area contributed by atoms with Crippen molar-refractivity contribution in [1.29, 1.82) is 0 Å². The largest absolute Gasteiger partial charge is 0.345 e. The molecule has 4 rings (SSSR count). The molecule has 9 heteroatoms. The molecular formula is C26H29N5O3S. The maximum atomic E-state index is 13.4. The Hall–Kier alpha value is -3.56. The summed E-state index contributed by atoms with van der Waals surface area (Å²) < 4.78 is 27.7. The minimum atomic E-state index is -3.52. The van der Waals surface area contributed by atoms with Crippen molar-refractivity contribution in [3.8, 4) is 11.3 Å². The van der Waals surface area contributed by atoms with Crippen LogP contribution >= 0.6 is 0 Å². The minimum absolute atomic E-state index is 0.0813. The number of hydrogen-bond donors (Lipinski definition) is 1. The molecule has 1 atom stereocenters. The van der Waals surface area contributed by atoms with E-state index in [2.05, 4.69) is 10.4 Å². The molecule has 0 fully saturated rings. The van der Waals surface area contributed by atoms with Crippen LogP contribution in [0.4, 0.5) is 0 Å². The molecule has 0 saturated heterocycles. The van der Waals surface area contributed by atoms with E-state index >= 15 is 0 Å². The number of carbonyl (C=O) groups is 1. The lowest BCUT2D eigenvalue weighted by Gasteiger charge is -2.17. The van der Waals surface area contributed by atoms with Crippen molar-refractivity contribution in [1.82, 2.24) is 24.4 Å². The Labute approximate surface area is 205 Å². The lowest BCUT2D eigenvalue weighted by molar-refractivity contribution is 0.0941. The molecule has 0 spiro atoms. The van der Waals surface area contributed by atoms with Crippen LogP contribution in [0.25, 0.3) is 22.3 Å². The van der Waals surface area contributed by atoms with Gasteiger partial charge in [0.05, 0.1) is 33.8 Å². The highest BCUT2D eigenvalue weighted by molar-refractivity contribution is 7.89. The summed E-state index contributed by atoms with van der Waals surface area (Å²) in [5, 5.41) is 8.19. The van der Waals surface area contributed by atoms with Crippen molar-refractivity contribution in [2.45, 2.75) is 37.8 Å². The highest BCUT2D eigenvalue weighted by atomic mass is 32.2. The second kappa shape index (κ2) is 9.59. The summed E-state index contributed by atoms with van der Waals surface area (Å²) in [4.78, 5) is 18.5. The molecule has 1 unspecified atom stereocenters. The summed E-state index contributed by atoms with van der Waals surface area (Å²) in [6.45, 7) is 5.90. The predicted molar refractivity (Wildman–Crippen MR) is 137 cm³/mol. The lowest BCUT2D eigenvalue weighted by atomic mass is 10.0. The molecule has 0 bridgehead atoms. The summed E-state index contributed by atoms with van der Waals surface area (Å²) in [7, 11) is -0.530. The SMILES string of the molecule is CC(NC(=O)c1cc(-c2ccccc2)nc2c1cnn2C(C)C)c1ccc(S(=O)(=O)N(C)C)cc1. The number of pyridine rings is 1. The van der Waals surface area contributed by atoms with Gasteiger partial charge in [-0.3, -0.25) is 4.79 Å². The maximum absolute atomic E-state index is 13.4. The normalized spacial score (nSPS) is 12.9. The predicted octanol–water partition coefficient (Wildman–Crippen LogP) is 4.42. The Morgan fingerprint density at radius 1 is 1.00 bits per heavy atom. The Morgan fingerprint density at radius 3 is 2.26 bits per heavy atom. The van der Waals surface area contributed by atoms with Crippen molar-refractivity contribution >= 4 is 27.0 Å². The zero-order chi connectivity index (χ0) is 25.3. The molecule has 1 amide bonds. The van der Waals surface area contributed by atoms with Crippen LogP contribution in [0, 0.1) is 0 Å². The van der Waals surface area contributed by atoms with Gasteiger partial charge in [-0.25, -0.2) is 22.4 Å². The van der Waals surface area contributed by atoms with Gasteiger partial charge < -0.3 is 5.32 Å². The second-order valence-corrected chi connectivity index (χ2v) is 11.0. The summed E-state index contributed by atoms with van der Waals surface area (Å²) >= 11 is 0. The smallest absolute Gasteiger partial charge is 0.252 e. The van der Waals surface area contributed by atoms with Crippen LogP contribution in [-0.2, 0) is 10.0 Å². The van der Waals surface area contributed by atoms with E-state index in [4.69, 9.17) is 4.98 Å². The van der Waals surface area contributed by atoms with Gasteiger partial charge in [-0.2, -0.15) is 5.10 Å². The summed E-state index contributed by atoms with van der Waals surface area (Å²) in [5.74, 6) is -0.254. The first-order valence-electron chi connectivity index (χ1n) is 11.4. The van der Waals surface area contributed by atoms with E-state index in [1.165, 1.54) is 18.4 Å². The first-order valence-corrected chi connectivity index (χ1v) is 12.8.